The maximum Gasteiger partial charge on any atom is 0.191 e. The minimum atomic E-state index is 0.633. The first-order chi connectivity index (χ1) is 8.80. The second kappa shape index (κ2) is 9.20. The van der Waals surface area contributed by atoms with Crippen LogP contribution in [0.5, 0.6) is 0 Å². The van der Waals surface area contributed by atoms with Crippen molar-refractivity contribution in [1.82, 2.24) is 15.5 Å². The Hall–Kier alpha value is -0.770. The van der Waals surface area contributed by atoms with Crippen LogP contribution in [-0.4, -0.2) is 50.1 Å². The Labute approximate surface area is 112 Å². The average Bonchev–Trinajstić information content (AvgIpc) is 2.89. The van der Waals surface area contributed by atoms with Crippen molar-refractivity contribution in [3.05, 3.63) is 0 Å². The third-order valence-corrected chi connectivity index (χ3v) is 3.63. The lowest BCUT2D eigenvalue weighted by molar-refractivity contribution is 0.292. The van der Waals surface area contributed by atoms with Gasteiger partial charge in [0, 0.05) is 26.2 Å². The number of hydrogen-bond donors (Lipinski definition) is 2. The van der Waals surface area contributed by atoms with Crippen molar-refractivity contribution in [1.29, 1.82) is 0 Å². The van der Waals surface area contributed by atoms with Crippen LogP contribution < -0.4 is 10.6 Å². The molecule has 1 rings (SSSR count). The molecule has 0 aromatic rings. The van der Waals surface area contributed by atoms with Crippen molar-refractivity contribution in [3.8, 4) is 0 Å². The van der Waals surface area contributed by atoms with Crippen LogP contribution in [-0.2, 0) is 0 Å². The van der Waals surface area contributed by atoms with Crippen LogP contribution in [0.4, 0.5) is 0 Å². The van der Waals surface area contributed by atoms with Gasteiger partial charge in [-0.1, -0.05) is 26.7 Å². The largest absolute Gasteiger partial charge is 0.355 e. The monoisotopic (exact) mass is 254 g/mol. The highest BCUT2D eigenvalue weighted by atomic mass is 15.2. The number of aliphatic imine (C=N–C) groups is 1. The first kappa shape index (κ1) is 15.3. The van der Waals surface area contributed by atoms with Crippen LogP contribution in [0.1, 0.15) is 46.0 Å². The van der Waals surface area contributed by atoms with E-state index >= 15 is 0 Å². The Balaban J connectivity index is 2.18. The summed E-state index contributed by atoms with van der Waals surface area (Å²) in [6.45, 7) is 8.84. The second-order valence-corrected chi connectivity index (χ2v) is 5.06. The summed E-state index contributed by atoms with van der Waals surface area (Å²) in [5.74, 6) is 0.967. The zero-order valence-electron chi connectivity index (χ0n) is 12.3. The van der Waals surface area contributed by atoms with Gasteiger partial charge < -0.3 is 15.5 Å². The molecule has 0 saturated heterocycles. The SMILES string of the molecule is CCCN(CC)CCNC(=NC)NC1CCCC1. The molecule has 0 aliphatic heterocycles. The number of nitrogens with zero attached hydrogens (tertiary/aromatic N) is 2. The molecule has 2 N–H and O–H groups in total. The van der Waals surface area contributed by atoms with Crippen molar-refractivity contribution in [2.24, 2.45) is 4.99 Å². The third kappa shape index (κ3) is 5.71. The molecule has 4 heteroatoms. The minimum Gasteiger partial charge on any atom is -0.355 e. The molecule has 0 aromatic heterocycles. The summed E-state index contributed by atoms with van der Waals surface area (Å²) in [7, 11) is 1.86. The first-order valence-electron chi connectivity index (χ1n) is 7.49. The molecule has 0 radical (unpaired) electrons. The Morgan fingerprint density at radius 1 is 1.22 bits per heavy atom. The summed E-state index contributed by atoms with van der Waals surface area (Å²) in [6, 6.07) is 0.633. The predicted octanol–water partition coefficient (Wildman–Crippen LogP) is 1.83. The number of guanidine groups is 1. The molecule has 106 valence electrons. The van der Waals surface area contributed by atoms with E-state index < -0.39 is 0 Å². The molecule has 1 aliphatic carbocycles. The summed E-state index contributed by atoms with van der Waals surface area (Å²) < 4.78 is 0. The van der Waals surface area contributed by atoms with Crippen molar-refractivity contribution in [2.75, 3.05) is 33.2 Å². The van der Waals surface area contributed by atoms with Gasteiger partial charge >= 0.3 is 0 Å². The molecule has 1 fully saturated rings. The smallest absolute Gasteiger partial charge is 0.191 e. The zero-order valence-corrected chi connectivity index (χ0v) is 12.3. The molecule has 0 bridgehead atoms. The van der Waals surface area contributed by atoms with E-state index in [4.69, 9.17) is 0 Å². The van der Waals surface area contributed by atoms with Gasteiger partial charge in [0.15, 0.2) is 5.96 Å². The fourth-order valence-electron chi connectivity index (χ4n) is 2.53. The quantitative estimate of drug-likeness (QED) is 0.538. The summed E-state index contributed by atoms with van der Waals surface area (Å²) in [4.78, 5) is 6.76. The van der Waals surface area contributed by atoms with Crippen LogP contribution in [0.3, 0.4) is 0 Å². The molecular formula is C14H30N4. The van der Waals surface area contributed by atoms with Gasteiger partial charge in [-0.2, -0.15) is 0 Å². The first-order valence-corrected chi connectivity index (χ1v) is 7.49. The van der Waals surface area contributed by atoms with Gasteiger partial charge in [-0.3, -0.25) is 4.99 Å². The minimum absolute atomic E-state index is 0.633. The molecule has 0 unspecified atom stereocenters. The molecule has 18 heavy (non-hydrogen) atoms. The van der Waals surface area contributed by atoms with Gasteiger partial charge in [0.05, 0.1) is 0 Å². The third-order valence-electron chi connectivity index (χ3n) is 3.63. The van der Waals surface area contributed by atoms with Gasteiger partial charge in [-0.25, -0.2) is 0 Å². The number of nitrogens with one attached hydrogen (secondary N) is 2. The molecule has 0 atom stereocenters. The number of likely N-dealkylation sites (N-methyl/N-ethyl adjacent to an activating group) is 1. The number of hydrogen-bond acceptors (Lipinski definition) is 2. The van der Waals surface area contributed by atoms with E-state index in [-0.39, 0.29) is 0 Å². The van der Waals surface area contributed by atoms with Gasteiger partial charge in [-0.15, -0.1) is 0 Å². The lowest BCUT2D eigenvalue weighted by Crippen LogP contribution is -2.45. The van der Waals surface area contributed by atoms with E-state index in [9.17, 15) is 0 Å². The predicted molar refractivity (Wildman–Crippen MR) is 79.2 cm³/mol. The molecule has 1 aliphatic rings. The summed E-state index contributed by atoms with van der Waals surface area (Å²) in [5, 5.41) is 6.93. The van der Waals surface area contributed by atoms with E-state index in [1.807, 2.05) is 7.05 Å². The molecule has 1 saturated carbocycles. The van der Waals surface area contributed by atoms with Gasteiger partial charge in [-0.05, 0) is 32.4 Å². The van der Waals surface area contributed by atoms with Crippen LogP contribution in [0.15, 0.2) is 4.99 Å². The van der Waals surface area contributed by atoms with E-state index in [0.29, 0.717) is 6.04 Å². The Morgan fingerprint density at radius 2 is 1.94 bits per heavy atom. The molecule has 0 aromatic carbocycles. The van der Waals surface area contributed by atoms with Gasteiger partial charge in [0.2, 0.25) is 0 Å². The summed E-state index contributed by atoms with van der Waals surface area (Å²) in [5.41, 5.74) is 0. The summed E-state index contributed by atoms with van der Waals surface area (Å²) >= 11 is 0. The van der Waals surface area contributed by atoms with Crippen molar-refractivity contribution in [2.45, 2.75) is 52.0 Å². The van der Waals surface area contributed by atoms with Crippen molar-refractivity contribution >= 4 is 5.96 Å². The van der Waals surface area contributed by atoms with E-state index in [2.05, 4.69) is 34.4 Å². The Bertz CT molecular complexity index is 234. The zero-order chi connectivity index (χ0) is 13.2. The van der Waals surface area contributed by atoms with Crippen molar-refractivity contribution < 1.29 is 0 Å². The molecule has 0 heterocycles. The van der Waals surface area contributed by atoms with Gasteiger partial charge in [0.25, 0.3) is 0 Å². The molecular weight excluding hydrogens is 224 g/mol. The lowest BCUT2D eigenvalue weighted by Gasteiger charge is -2.21. The maximum atomic E-state index is 4.30. The standard InChI is InChI=1S/C14H30N4/c1-4-11-18(5-2)12-10-16-14(15-3)17-13-8-6-7-9-13/h13H,4-12H2,1-3H3,(H2,15,16,17). The highest BCUT2D eigenvalue weighted by Gasteiger charge is 2.15. The highest BCUT2D eigenvalue weighted by molar-refractivity contribution is 5.79. The molecule has 0 spiro atoms. The van der Waals surface area contributed by atoms with Crippen LogP contribution in [0, 0.1) is 0 Å². The Morgan fingerprint density at radius 3 is 2.50 bits per heavy atom. The van der Waals surface area contributed by atoms with Crippen LogP contribution in [0.25, 0.3) is 0 Å². The van der Waals surface area contributed by atoms with Crippen molar-refractivity contribution in [3.63, 3.8) is 0 Å². The highest BCUT2D eigenvalue weighted by Crippen LogP contribution is 2.17. The van der Waals surface area contributed by atoms with E-state index in [1.165, 1.54) is 38.6 Å². The van der Waals surface area contributed by atoms with Crippen LogP contribution in [0.2, 0.25) is 0 Å². The Kier molecular flexibility index (Phi) is 7.81. The average molecular weight is 254 g/mol. The van der Waals surface area contributed by atoms with E-state index in [0.717, 1.165) is 25.6 Å². The number of rotatable bonds is 7. The lowest BCUT2D eigenvalue weighted by atomic mass is 10.2. The van der Waals surface area contributed by atoms with Gasteiger partial charge in [0.1, 0.15) is 0 Å². The normalized spacial score (nSPS) is 17.4. The molecule has 4 nitrogen and oxygen atoms in total. The summed E-state index contributed by atoms with van der Waals surface area (Å²) in [6.07, 6.45) is 6.52. The fraction of sp³-hybridized carbons (Fsp3) is 0.929. The fourth-order valence-corrected chi connectivity index (χ4v) is 2.53. The van der Waals surface area contributed by atoms with E-state index in [1.54, 1.807) is 0 Å². The maximum absolute atomic E-state index is 4.30. The second-order valence-electron chi connectivity index (χ2n) is 5.06. The van der Waals surface area contributed by atoms with Crippen LogP contribution >= 0.6 is 0 Å². The molecule has 0 amide bonds. The topological polar surface area (TPSA) is 39.7 Å².